The molecular weight excluding hydrogens is 772 g/mol. The van der Waals surface area contributed by atoms with Crippen molar-refractivity contribution in [2.75, 3.05) is 62.3 Å². The molecule has 2 unspecified atom stereocenters. The van der Waals surface area contributed by atoms with Gasteiger partial charge in [-0.3, -0.25) is 9.69 Å². The fraction of sp³-hybridized carbons (Fsp3) is 0.426. The number of carbonyl (C=O) groups excluding carboxylic acids is 2. The van der Waals surface area contributed by atoms with E-state index in [1.165, 1.54) is 66.0 Å². The first-order chi connectivity index (χ1) is 29.7. The Hall–Kier alpha value is -5.86. The molecule has 3 aliphatic heterocycles. The van der Waals surface area contributed by atoms with Gasteiger partial charge in [0.2, 0.25) is 5.91 Å². The molecular formula is C47H57FN10O3. The number of piperidine rings is 2. The zero-order chi connectivity index (χ0) is 42.3. The van der Waals surface area contributed by atoms with Crippen LogP contribution in [0.15, 0.2) is 85.3 Å². The van der Waals surface area contributed by atoms with E-state index in [0.29, 0.717) is 41.7 Å². The Kier molecular flexibility index (Phi) is 13.2. The number of nitrogen functional groups attached to an aromatic ring is 1. The molecule has 2 aromatic heterocycles. The zero-order valence-corrected chi connectivity index (χ0v) is 35.2. The van der Waals surface area contributed by atoms with Gasteiger partial charge in [-0.25, -0.2) is 9.37 Å². The number of nitrogens with two attached hydrogens (primary N) is 1. The summed E-state index contributed by atoms with van der Waals surface area (Å²) >= 11 is 0. The summed E-state index contributed by atoms with van der Waals surface area (Å²) in [5.74, 6) is 1.67. The van der Waals surface area contributed by atoms with Gasteiger partial charge in [-0.05, 0) is 129 Å². The number of likely N-dealkylation sites (tertiary alicyclic amines) is 1. The van der Waals surface area contributed by atoms with Gasteiger partial charge < -0.3 is 35.7 Å². The first kappa shape index (κ1) is 41.9. The van der Waals surface area contributed by atoms with E-state index in [0.717, 1.165) is 68.9 Å². The Bertz CT molecular complexity index is 2260. The summed E-state index contributed by atoms with van der Waals surface area (Å²) in [7, 11) is 1.61. The second-order valence-electron chi connectivity index (χ2n) is 16.8. The van der Waals surface area contributed by atoms with E-state index in [1.54, 1.807) is 25.5 Å². The molecule has 3 aliphatic rings. The Labute approximate surface area is 357 Å². The van der Waals surface area contributed by atoms with E-state index in [2.05, 4.69) is 70.8 Å². The van der Waals surface area contributed by atoms with Gasteiger partial charge in [-0.2, -0.15) is 15.0 Å². The number of halogens is 1. The van der Waals surface area contributed by atoms with E-state index < -0.39 is 6.10 Å². The minimum absolute atomic E-state index is 0.0640. The van der Waals surface area contributed by atoms with Crippen LogP contribution in [0, 0.1) is 17.7 Å². The summed E-state index contributed by atoms with van der Waals surface area (Å²) in [6, 6.07) is 20.9. The summed E-state index contributed by atoms with van der Waals surface area (Å²) in [5, 5.41) is 14.3. The lowest BCUT2D eigenvalue weighted by molar-refractivity contribution is -0.120. The molecule has 61 heavy (non-hydrogen) atoms. The largest absolute Gasteiger partial charge is 0.482 e. The van der Waals surface area contributed by atoms with Crippen LogP contribution in [0.3, 0.4) is 0 Å². The van der Waals surface area contributed by atoms with Crippen LogP contribution in [-0.4, -0.2) is 94.3 Å². The zero-order valence-electron chi connectivity index (χ0n) is 35.2. The van der Waals surface area contributed by atoms with Crippen LogP contribution in [0.1, 0.15) is 68.2 Å². The van der Waals surface area contributed by atoms with Crippen LogP contribution in [0.5, 0.6) is 5.75 Å². The van der Waals surface area contributed by atoms with Gasteiger partial charge in [0.1, 0.15) is 18.2 Å². The predicted molar refractivity (Wildman–Crippen MR) is 236 cm³/mol. The van der Waals surface area contributed by atoms with Crippen molar-refractivity contribution >= 4 is 29.4 Å². The second-order valence-corrected chi connectivity index (χ2v) is 16.8. The molecule has 8 rings (SSSR count). The maximum absolute atomic E-state index is 14.4. The molecule has 4 N–H and O–H groups in total. The smallest absolute Gasteiger partial charge is 0.219 e. The fourth-order valence-electron chi connectivity index (χ4n) is 9.24. The number of hydrogen-bond donors (Lipinski definition) is 3. The Morgan fingerprint density at radius 2 is 1.66 bits per heavy atom. The number of nitrogens with one attached hydrogen (secondary N) is 2. The number of benzene rings is 3. The molecule has 14 heteroatoms. The number of hydrogen-bond acceptors (Lipinski definition) is 11. The SMILES string of the molecule is CNC(=O)CCC(C=O)Nc1ccc(N2CCC(CN3CCC(CN4Cc5cccc(-c6cnc(N)c(OC(C)c7cc(F)ccc7-n7nccn7)c6)c5C4)CC3)CC2)cc1. The van der Waals surface area contributed by atoms with Crippen molar-refractivity contribution in [3.63, 3.8) is 0 Å². The molecule has 2 fully saturated rings. The highest BCUT2D eigenvalue weighted by Crippen LogP contribution is 2.38. The van der Waals surface area contributed by atoms with Crippen molar-refractivity contribution < 1.29 is 18.7 Å². The number of carbonyl (C=O) groups is 2. The standard InChI is InChI=1S/C47H57FN10O3/c1-32(42-25-37(48)6-12-44(42)58-52-18-19-53-58)61-45-24-36(26-51-47(45)49)41-5-3-4-35-29-56(30-43(35)41)28-33-14-20-55(21-15-33)27-34-16-22-57(23-17-34)40-10-7-38(8-11-40)54-39(31-59)9-13-46(60)50-2/h3-8,10-12,18-19,24-26,31-34,39,54H,9,13-17,20-23,27-30H2,1-2H3,(H2,49,51)(H,50,60). The van der Waals surface area contributed by atoms with Crippen molar-refractivity contribution in [2.45, 2.75) is 70.7 Å². The van der Waals surface area contributed by atoms with E-state index in [1.807, 2.05) is 31.3 Å². The summed E-state index contributed by atoms with van der Waals surface area (Å²) < 4.78 is 20.8. The van der Waals surface area contributed by atoms with E-state index in [-0.39, 0.29) is 23.6 Å². The van der Waals surface area contributed by atoms with Crippen LogP contribution < -0.4 is 26.0 Å². The Morgan fingerprint density at radius 3 is 2.38 bits per heavy atom. The number of nitrogens with zero attached hydrogens (tertiary/aromatic N) is 7. The highest BCUT2D eigenvalue weighted by atomic mass is 19.1. The highest BCUT2D eigenvalue weighted by Gasteiger charge is 2.29. The summed E-state index contributed by atoms with van der Waals surface area (Å²) in [4.78, 5) is 36.9. The third-order valence-corrected chi connectivity index (χ3v) is 12.7. The normalized spacial score (nSPS) is 17.5. The molecule has 1 amide bonds. The van der Waals surface area contributed by atoms with Crippen molar-refractivity contribution in [2.24, 2.45) is 11.8 Å². The minimum atomic E-state index is -0.550. The number of aromatic nitrogens is 4. The molecule has 2 atom stereocenters. The predicted octanol–water partition coefficient (Wildman–Crippen LogP) is 6.64. The van der Waals surface area contributed by atoms with Crippen LogP contribution in [0.25, 0.3) is 16.8 Å². The first-order valence-corrected chi connectivity index (χ1v) is 21.6. The number of anilines is 3. The van der Waals surface area contributed by atoms with Crippen LogP contribution in [0.2, 0.25) is 0 Å². The topological polar surface area (TPSA) is 147 Å². The Balaban J connectivity index is 0.799. The summed E-state index contributed by atoms with van der Waals surface area (Å²) in [6.07, 6.45) is 10.9. The molecule has 0 bridgehead atoms. The monoisotopic (exact) mass is 828 g/mol. The lowest BCUT2D eigenvalue weighted by atomic mass is 9.92. The molecule has 5 aromatic rings. The van der Waals surface area contributed by atoms with Crippen molar-refractivity contribution in [3.05, 3.63) is 108 Å². The summed E-state index contributed by atoms with van der Waals surface area (Å²) in [5.41, 5.74) is 14.4. The highest BCUT2D eigenvalue weighted by molar-refractivity contribution is 5.76. The van der Waals surface area contributed by atoms with Gasteiger partial charge in [0, 0.05) is 81.4 Å². The van der Waals surface area contributed by atoms with Gasteiger partial charge in [-0.1, -0.05) is 18.2 Å². The Morgan fingerprint density at radius 1 is 0.934 bits per heavy atom. The number of pyridine rings is 1. The summed E-state index contributed by atoms with van der Waals surface area (Å²) in [6.45, 7) is 10.4. The van der Waals surface area contributed by atoms with Crippen molar-refractivity contribution in [3.8, 4) is 22.6 Å². The number of rotatable bonds is 16. The molecule has 0 aliphatic carbocycles. The quantitative estimate of drug-likeness (QED) is 0.0921. The van der Waals surface area contributed by atoms with Crippen molar-refractivity contribution in [1.29, 1.82) is 0 Å². The second kappa shape index (κ2) is 19.2. The molecule has 0 spiro atoms. The number of aldehydes is 1. The minimum Gasteiger partial charge on any atom is -0.482 e. The molecule has 0 radical (unpaired) electrons. The van der Waals surface area contributed by atoms with E-state index >= 15 is 0 Å². The van der Waals surface area contributed by atoms with Gasteiger partial charge in [0.05, 0.1) is 24.1 Å². The van der Waals surface area contributed by atoms with Gasteiger partial charge in [-0.15, -0.1) is 0 Å². The number of amides is 1. The molecule has 2 saturated heterocycles. The van der Waals surface area contributed by atoms with Crippen molar-refractivity contribution in [1.82, 2.24) is 35.1 Å². The van der Waals surface area contributed by atoms with Crippen LogP contribution in [-0.2, 0) is 22.7 Å². The van der Waals surface area contributed by atoms with Crippen LogP contribution in [0.4, 0.5) is 21.6 Å². The molecule has 5 heterocycles. The average Bonchev–Trinajstić information content (AvgIpc) is 3.98. The lowest BCUT2D eigenvalue weighted by Crippen LogP contribution is -2.42. The van der Waals surface area contributed by atoms with Gasteiger partial charge in [0.25, 0.3) is 0 Å². The molecule has 3 aromatic carbocycles. The fourth-order valence-corrected chi connectivity index (χ4v) is 9.24. The first-order valence-electron chi connectivity index (χ1n) is 21.6. The molecule has 320 valence electrons. The maximum Gasteiger partial charge on any atom is 0.219 e. The van der Waals surface area contributed by atoms with Crippen LogP contribution >= 0.6 is 0 Å². The van der Waals surface area contributed by atoms with E-state index in [9.17, 15) is 14.0 Å². The average molecular weight is 829 g/mol. The number of ether oxygens (including phenoxy) is 1. The van der Waals surface area contributed by atoms with E-state index in [4.69, 9.17) is 10.5 Å². The molecule has 0 saturated carbocycles. The lowest BCUT2D eigenvalue weighted by Gasteiger charge is -2.39. The number of fused-ring (bicyclic) bond motifs is 1. The van der Waals surface area contributed by atoms with Gasteiger partial charge in [0.15, 0.2) is 11.6 Å². The maximum atomic E-state index is 14.4. The molecule has 13 nitrogen and oxygen atoms in total. The van der Waals surface area contributed by atoms with Gasteiger partial charge >= 0.3 is 0 Å². The third kappa shape index (κ3) is 10.2. The third-order valence-electron chi connectivity index (χ3n) is 12.7.